The maximum atomic E-state index is 3.14. The molecule has 0 bridgehead atoms. The second-order valence-electron chi connectivity index (χ2n) is 5.47. The second kappa shape index (κ2) is 18.8. The smallest absolute Gasteiger partial charge is 1.00 e. The molecule has 0 spiro atoms. The van der Waals surface area contributed by atoms with Crippen molar-refractivity contribution in [3.8, 4) is 0 Å². The number of hydrogen-bond donors (Lipinski definition) is 0. The molecule has 0 aliphatic heterocycles. The third kappa shape index (κ3) is 12.5. The van der Waals surface area contributed by atoms with Crippen molar-refractivity contribution >= 4 is 9.52 Å². The predicted molar refractivity (Wildman–Crippen MR) is 93.2 cm³/mol. The number of hydrogen-bond acceptors (Lipinski definition) is 0. The Kier molecular flexibility index (Phi) is 23.2. The minimum atomic E-state index is 0. The van der Waals surface area contributed by atoms with Crippen molar-refractivity contribution in [1.82, 2.24) is 0 Å². The first-order chi connectivity index (χ1) is 9.81. The van der Waals surface area contributed by atoms with Gasteiger partial charge in [-0.1, -0.05) is 39.3 Å². The third-order valence-electron chi connectivity index (χ3n) is 3.52. The van der Waals surface area contributed by atoms with Crippen LogP contribution in [0.15, 0.2) is 41.5 Å². The molecule has 1 unspecified atom stereocenters. The van der Waals surface area contributed by atoms with Crippen LogP contribution in [0.3, 0.4) is 0 Å². The fourth-order valence-corrected chi connectivity index (χ4v) is 2.57. The molecular weight excluding hydrogens is 418 g/mol. The monoisotopic (exact) mass is 445 g/mol. The summed E-state index contributed by atoms with van der Waals surface area (Å²) in [5, 5.41) is 0. The van der Waals surface area contributed by atoms with Gasteiger partial charge in [-0.3, -0.25) is 6.08 Å². The fourth-order valence-electron chi connectivity index (χ4n) is 2.57. The quantitative estimate of drug-likeness (QED) is 0.395. The predicted octanol–water partition coefficient (Wildman–Crippen LogP) is -0.512. The Labute approximate surface area is 178 Å². The van der Waals surface area contributed by atoms with Crippen LogP contribution >= 0.6 is 0 Å². The SMILES string of the molecule is C1=CCC2CC[CH-]C2=C1.CCCC1=CC[C-]=C1.C[SiH]C.[Cl-].[Cl-].[Zr+4]. The molecule has 0 N–H and O–H groups in total. The average molecular weight is 448 g/mol. The zero-order chi connectivity index (χ0) is 14.6. The molecule has 0 aromatic carbocycles. The van der Waals surface area contributed by atoms with E-state index in [1.54, 1.807) is 5.57 Å². The van der Waals surface area contributed by atoms with E-state index in [9.17, 15) is 0 Å². The molecule has 23 heavy (non-hydrogen) atoms. The number of fused-ring (bicyclic) bond motifs is 1. The van der Waals surface area contributed by atoms with Crippen LogP contribution in [0, 0.1) is 18.4 Å². The van der Waals surface area contributed by atoms with E-state index >= 15 is 0 Å². The molecule has 0 saturated heterocycles. The Hall–Kier alpha value is 0.510. The van der Waals surface area contributed by atoms with Crippen molar-refractivity contribution in [1.29, 1.82) is 0 Å². The van der Waals surface area contributed by atoms with E-state index in [0.717, 1.165) is 21.9 Å². The maximum absolute atomic E-state index is 3.14. The summed E-state index contributed by atoms with van der Waals surface area (Å²) >= 11 is 0. The van der Waals surface area contributed by atoms with Crippen molar-refractivity contribution in [3.63, 3.8) is 0 Å². The fraction of sp³-hybridized carbons (Fsp3) is 0.526. The molecule has 127 valence electrons. The van der Waals surface area contributed by atoms with Crippen molar-refractivity contribution < 1.29 is 51.0 Å². The molecule has 1 atom stereocenters. The third-order valence-corrected chi connectivity index (χ3v) is 3.52. The van der Waals surface area contributed by atoms with E-state index in [0.29, 0.717) is 0 Å². The molecule has 0 nitrogen and oxygen atoms in total. The van der Waals surface area contributed by atoms with Gasteiger partial charge in [0.05, 0.1) is 0 Å². The van der Waals surface area contributed by atoms with E-state index < -0.39 is 0 Å². The zero-order valence-corrected chi connectivity index (χ0v) is 19.7. The summed E-state index contributed by atoms with van der Waals surface area (Å²) in [5.74, 6) is 0.884. The van der Waals surface area contributed by atoms with Crippen LogP contribution in [0.5, 0.6) is 0 Å². The van der Waals surface area contributed by atoms with Gasteiger partial charge < -0.3 is 24.8 Å². The normalized spacial score (nSPS) is 18.8. The topological polar surface area (TPSA) is 0 Å². The Balaban J connectivity index is -0.000000270. The number of halogens is 2. The minimum absolute atomic E-state index is 0. The Morgan fingerprint density at radius 2 is 2.00 bits per heavy atom. The molecule has 1 fully saturated rings. The summed E-state index contributed by atoms with van der Waals surface area (Å²) in [4.78, 5) is 0. The first-order valence-corrected chi connectivity index (χ1v) is 10.3. The van der Waals surface area contributed by atoms with E-state index in [1.807, 2.05) is 0 Å². The van der Waals surface area contributed by atoms with Crippen LogP contribution in [-0.4, -0.2) is 9.52 Å². The van der Waals surface area contributed by atoms with Crippen molar-refractivity contribution in [2.75, 3.05) is 0 Å². The Morgan fingerprint density at radius 3 is 2.52 bits per heavy atom. The van der Waals surface area contributed by atoms with E-state index in [2.05, 4.69) is 62.9 Å². The van der Waals surface area contributed by atoms with Crippen LogP contribution in [0.1, 0.15) is 45.4 Å². The number of rotatable bonds is 2. The van der Waals surface area contributed by atoms with Gasteiger partial charge in [-0.25, -0.2) is 29.7 Å². The van der Waals surface area contributed by atoms with Gasteiger partial charge in [0.25, 0.3) is 0 Å². The van der Waals surface area contributed by atoms with Crippen LogP contribution in [0.2, 0.25) is 13.1 Å². The van der Waals surface area contributed by atoms with Crippen molar-refractivity contribution in [2.45, 2.75) is 58.5 Å². The molecule has 1 radical (unpaired) electrons. The van der Waals surface area contributed by atoms with Gasteiger partial charge in [0, 0.05) is 9.52 Å². The van der Waals surface area contributed by atoms with E-state index in [-0.39, 0.29) is 51.0 Å². The molecule has 0 aromatic rings. The Bertz CT molecular complexity index is 387. The van der Waals surface area contributed by atoms with Gasteiger partial charge in [-0.05, 0) is 12.3 Å². The van der Waals surface area contributed by atoms with Gasteiger partial charge in [0.1, 0.15) is 0 Å². The largest absolute Gasteiger partial charge is 4.00 e. The summed E-state index contributed by atoms with van der Waals surface area (Å²) in [6.07, 6.45) is 24.0. The number of allylic oxidation sites excluding steroid dienone is 8. The summed E-state index contributed by atoms with van der Waals surface area (Å²) in [5.41, 5.74) is 3.05. The average Bonchev–Trinajstić information content (AvgIpc) is 3.11. The molecule has 4 heteroatoms. The van der Waals surface area contributed by atoms with Gasteiger partial charge in [0.2, 0.25) is 0 Å². The van der Waals surface area contributed by atoms with Crippen molar-refractivity contribution in [3.05, 3.63) is 54.0 Å². The summed E-state index contributed by atoms with van der Waals surface area (Å²) in [6, 6.07) is 0. The molecular formula is C19H29Cl2SiZr. The molecule has 1 saturated carbocycles. The van der Waals surface area contributed by atoms with Crippen LogP contribution in [-0.2, 0) is 26.2 Å². The van der Waals surface area contributed by atoms with Gasteiger partial charge in [-0.15, -0.1) is 25.0 Å². The Morgan fingerprint density at radius 1 is 1.30 bits per heavy atom. The standard InChI is InChI=1S/C9H11.C8H11.C2H7Si.2ClH.Zr/c1-2-5-9-7-3-6-8(9)4-1;1-2-5-8-6-3-4-7-8;1-3-2;;;/h1-2,4,6,9H,3,5,7H2;6-7H,2-3,5H2,1H3;3H,1-2H3;2*1H;/q2*-1;;;;+4/p-2. The molecule has 3 aliphatic carbocycles. The summed E-state index contributed by atoms with van der Waals surface area (Å²) in [7, 11) is 0.750. The van der Waals surface area contributed by atoms with Crippen LogP contribution in [0.4, 0.5) is 0 Å². The van der Waals surface area contributed by atoms with Gasteiger partial charge >= 0.3 is 26.2 Å². The van der Waals surface area contributed by atoms with Gasteiger partial charge in [0.15, 0.2) is 0 Å². The van der Waals surface area contributed by atoms with Crippen molar-refractivity contribution in [2.24, 2.45) is 5.92 Å². The molecule has 0 aromatic heterocycles. The second-order valence-corrected chi connectivity index (χ2v) is 6.62. The first-order valence-electron chi connectivity index (χ1n) is 8.01. The molecule has 3 aliphatic rings. The first kappa shape index (κ1) is 28.3. The molecule has 3 rings (SSSR count). The van der Waals surface area contributed by atoms with Gasteiger partial charge in [-0.2, -0.15) is 6.08 Å². The molecule has 0 amide bonds. The van der Waals surface area contributed by atoms with E-state index in [1.165, 1.54) is 37.7 Å². The maximum Gasteiger partial charge on any atom is 4.00 e. The molecule has 0 heterocycles. The minimum Gasteiger partial charge on any atom is -1.00 e. The zero-order valence-electron chi connectivity index (χ0n) is 14.6. The van der Waals surface area contributed by atoms with E-state index in [4.69, 9.17) is 0 Å². The van der Waals surface area contributed by atoms with Crippen LogP contribution < -0.4 is 24.8 Å². The van der Waals surface area contributed by atoms with Crippen LogP contribution in [0.25, 0.3) is 0 Å². The summed E-state index contributed by atoms with van der Waals surface area (Å²) < 4.78 is 0. The summed E-state index contributed by atoms with van der Waals surface area (Å²) in [6.45, 7) is 6.62.